The Kier molecular flexibility index (Phi) is 3.17. The first-order chi connectivity index (χ1) is 10.1. The van der Waals surface area contributed by atoms with Crippen molar-refractivity contribution in [1.29, 1.82) is 0 Å². The molecule has 0 saturated heterocycles. The molecule has 0 amide bonds. The minimum atomic E-state index is -1.19. The summed E-state index contributed by atoms with van der Waals surface area (Å²) in [6.07, 6.45) is 5.44. The van der Waals surface area contributed by atoms with E-state index in [4.69, 9.17) is 0 Å². The first-order valence-corrected chi connectivity index (χ1v) is 6.65. The molecule has 1 aliphatic rings. The molecular formula is C14H13N3O4. The van der Waals surface area contributed by atoms with Gasteiger partial charge in [0.25, 0.3) is 5.69 Å². The molecule has 1 N–H and O–H groups in total. The average Bonchev–Trinajstić information content (AvgIpc) is 2.90. The maximum atomic E-state index is 11.4. The molecule has 7 nitrogen and oxygen atoms in total. The van der Waals surface area contributed by atoms with E-state index in [1.807, 2.05) is 0 Å². The smallest absolute Gasteiger partial charge is 0.338 e. The lowest BCUT2D eigenvalue weighted by Gasteiger charge is -2.15. The molecule has 0 saturated carbocycles. The maximum Gasteiger partial charge on any atom is 0.338 e. The van der Waals surface area contributed by atoms with Crippen molar-refractivity contribution in [2.75, 3.05) is 0 Å². The summed E-state index contributed by atoms with van der Waals surface area (Å²) in [5, 5.41) is 20.1. The minimum Gasteiger partial charge on any atom is -0.478 e. The first kappa shape index (κ1) is 13.3. The molecule has 21 heavy (non-hydrogen) atoms. The number of rotatable bonds is 3. The van der Waals surface area contributed by atoms with Gasteiger partial charge in [-0.15, -0.1) is 0 Å². The van der Waals surface area contributed by atoms with Crippen LogP contribution in [0, 0.1) is 10.1 Å². The zero-order valence-electron chi connectivity index (χ0n) is 11.2. The van der Waals surface area contributed by atoms with Gasteiger partial charge in [-0.25, -0.2) is 9.78 Å². The Hall–Kier alpha value is -2.70. The van der Waals surface area contributed by atoms with Gasteiger partial charge >= 0.3 is 5.97 Å². The summed E-state index contributed by atoms with van der Waals surface area (Å²) in [6.45, 7) is 0. The molecule has 108 valence electrons. The van der Waals surface area contributed by atoms with Crippen molar-refractivity contribution < 1.29 is 14.8 Å². The number of nitrogens with zero attached hydrogens (tertiary/aromatic N) is 3. The third-order valence-corrected chi connectivity index (χ3v) is 3.71. The van der Waals surface area contributed by atoms with Gasteiger partial charge in [0.2, 0.25) is 0 Å². The molecule has 0 aliphatic heterocycles. The zero-order valence-corrected chi connectivity index (χ0v) is 11.2. The number of carboxylic acid groups (broad SMARTS) is 1. The molecule has 0 spiro atoms. The number of hydrogen-bond acceptors (Lipinski definition) is 4. The summed E-state index contributed by atoms with van der Waals surface area (Å²) in [6, 6.07) is 3.88. The van der Waals surface area contributed by atoms with E-state index in [1.54, 1.807) is 10.9 Å². The highest BCUT2D eigenvalue weighted by Crippen LogP contribution is 2.27. The van der Waals surface area contributed by atoms with Gasteiger partial charge in [0.15, 0.2) is 0 Å². The maximum absolute atomic E-state index is 11.4. The van der Waals surface area contributed by atoms with Crippen molar-refractivity contribution in [3.63, 3.8) is 0 Å². The quantitative estimate of drug-likeness (QED) is 0.690. The Bertz CT molecular complexity index is 736. The van der Waals surface area contributed by atoms with Gasteiger partial charge in [0, 0.05) is 17.8 Å². The highest BCUT2D eigenvalue weighted by molar-refractivity contribution is 5.92. The standard InChI is InChI=1S/C14H13N3O4/c18-14(19)10-7-9(17(20)21)5-6-12(10)16-8-15-11-3-1-2-4-13(11)16/h5-8H,1-4H2,(H,18,19). The van der Waals surface area contributed by atoms with Gasteiger partial charge in [0.1, 0.15) is 0 Å². The number of aryl methyl sites for hydroxylation is 1. The average molecular weight is 287 g/mol. The second kappa shape index (κ2) is 5.01. The number of nitro benzene ring substituents is 1. The summed E-state index contributed by atoms with van der Waals surface area (Å²) in [5.41, 5.74) is 2.08. The van der Waals surface area contributed by atoms with Gasteiger partial charge in [-0.2, -0.15) is 0 Å². The van der Waals surface area contributed by atoms with Crippen molar-refractivity contribution in [1.82, 2.24) is 9.55 Å². The van der Waals surface area contributed by atoms with E-state index < -0.39 is 10.9 Å². The van der Waals surface area contributed by atoms with Crippen molar-refractivity contribution in [2.45, 2.75) is 25.7 Å². The molecule has 1 aromatic carbocycles. The number of aromatic nitrogens is 2. The van der Waals surface area contributed by atoms with Crippen molar-refractivity contribution in [3.8, 4) is 5.69 Å². The zero-order chi connectivity index (χ0) is 15.0. The van der Waals surface area contributed by atoms with Crippen LogP contribution in [0.15, 0.2) is 24.5 Å². The van der Waals surface area contributed by atoms with E-state index in [0.717, 1.165) is 43.1 Å². The highest BCUT2D eigenvalue weighted by atomic mass is 16.6. The lowest BCUT2D eigenvalue weighted by atomic mass is 10.0. The number of hydrogen-bond donors (Lipinski definition) is 1. The number of fused-ring (bicyclic) bond motifs is 1. The Morgan fingerprint density at radius 2 is 2.10 bits per heavy atom. The molecule has 2 aromatic rings. The van der Waals surface area contributed by atoms with Crippen LogP contribution in [0.4, 0.5) is 5.69 Å². The molecule has 1 aliphatic carbocycles. The SMILES string of the molecule is O=C(O)c1cc([N+](=O)[O-])ccc1-n1cnc2c1CCCC2. The summed E-state index contributed by atoms with van der Waals surface area (Å²) >= 11 is 0. The van der Waals surface area contributed by atoms with Crippen LogP contribution in [0.25, 0.3) is 5.69 Å². The predicted molar refractivity (Wildman–Crippen MR) is 73.8 cm³/mol. The minimum absolute atomic E-state index is 0.0880. The summed E-state index contributed by atoms with van der Waals surface area (Å²) < 4.78 is 1.74. The summed E-state index contributed by atoms with van der Waals surface area (Å²) in [7, 11) is 0. The van der Waals surface area contributed by atoms with Gasteiger partial charge in [-0.3, -0.25) is 10.1 Å². The van der Waals surface area contributed by atoms with Crippen LogP contribution in [0.3, 0.4) is 0 Å². The molecule has 0 atom stereocenters. The van der Waals surface area contributed by atoms with E-state index in [2.05, 4.69) is 4.98 Å². The molecule has 0 fully saturated rings. The molecule has 7 heteroatoms. The lowest BCUT2D eigenvalue weighted by molar-refractivity contribution is -0.384. The lowest BCUT2D eigenvalue weighted by Crippen LogP contribution is -2.11. The second-order valence-electron chi connectivity index (χ2n) is 4.98. The molecule has 1 aromatic heterocycles. The van der Waals surface area contributed by atoms with E-state index in [-0.39, 0.29) is 11.3 Å². The first-order valence-electron chi connectivity index (χ1n) is 6.65. The summed E-state index contributed by atoms with van der Waals surface area (Å²) in [5.74, 6) is -1.19. The molecule has 0 radical (unpaired) electrons. The van der Waals surface area contributed by atoms with Gasteiger partial charge in [-0.1, -0.05) is 0 Å². The molecule has 1 heterocycles. The van der Waals surface area contributed by atoms with Crippen LogP contribution in [0.1, 0.15) is 34.6 Å². The third kappa shape index (κ3) is 2.26. The van der Waals surface area contributed by atoms with E-state index >= 15 is 0 Å². The van der Waals surface area contributed by atoms with Crippen molar-refractivity contribution in [3.05, 3.63) is 51.6 Å². The number of nitro groups is 1. The second-order valence-corrected chi connectivity index (χ2v) is 4.98. The molecular weight excluding hydrogens is 274 g/mol. The molecule has 0 bridgehead atoms. The van der Waals surface area contributed by atoms with Crippen LogP contribution in [-0.2, 0) is 12.8 Å². The number of benzene rings is 1. The highest BCUT2D eigenvalue weighted by Gasteiger charge is 2.21. The van der Waals surface area contributed by atoms with Crippen LogP contribution < -0.4 is 0 Å². The van der Waals surface area contributed by atoms with Crippen LogP contribution >= 0.6 is 0 Å². The third-order valence-electron chi connectivity index (χ3n) is 3.71. The molecule has 3 rings (SSSR count). The van der Waals surface area contributed by atoms with Crippen molar-refractivity contribution >= 4 is 11.7 Å². The molecule has 0 unspecified atom stereocenters. The van der Waals surface area contributed by atoms with E-state index in [0.29, 0.717) is 5.69 Å². The topological polar surface area (TPSA) is 98.3 Å². The normalized spacial score (nSPS) is 13.7. The number of non-ortho nitro benzene ring substituents is 1. The number of imidazole rings is 1. The van der Waals surface area contributed by atoms with Gasteiger partial charge < -0.3 is 9.67 Å². The number of aromatic carboxylic acids is 1. The van der Waals surface area contributed by atoms with Crippen LogP contribution in [-0.4, -0.2) is 25.6 Å². The van der Waals surface area contributed by atoms with Crippen LogP contribution in [0.5, 0.6) is 0 Å². The van der Waals surface area contributed by atoms with Gasteiger partial charge in [0.05, 0.1) is 28.2 Å². The Balaban J connectivity index is 2.16. The number of carboxylic acids is 1. The Morgan fingerprint density at radius 3 is 2.81 bits per heavy atom. The van der Waals surface area contributed by atoms with Gasteiger partial charge in [-0.05, 0) is 31.7 Å². The summed E-state index contributed by atoms with van der Waals surface area (Å²) in [4.78, 5) is 25.9. The number of carbonyl (C=O) groups is 1. The van der Waals surface area contributed by atoms with Crippen LogP contribution in [0.2, 0.25) is 0 Å². The van der Waals surface area contributed by atoms with Crippen molar-refractivity contribution in [2.24, 2.45) is 0 Å². The monoisotopic (exact) mass is 287 g/mol. The Morgan fingerprint density at radius 1 is 1.33 bits per heavy atom. The largest absolute Gasteiger partial charge is 0.478 e. The Labute approximate surface area is 120 Å². The van der Waals surface area contributed by atoms with E-state index in [1.165, 1.54) is 12.1 Å². The fourth-order valence-electron chi connectivity index (χ4n) is 2.70. The van der Waals surface area contributed by atoms with E-state index in [9.17, 15) is 20.0 Å². The fraction of sp³-hybridized carbons (Fsp3) is 0.286. The predicted octanol–water partition coefficient (Wildman–Crippen LogP) is 2.36. The fourth-order valence-corrected chi connectivity index (χ4v) is 2.70.